The number of carboxylic acid groups (broad SMARTS) is 1. The summed E-state index contributed by atoms with van der Waals surface area (Å²) in [6.07, 6.45) is 6.34. The van der Waals surface area contributed by atoms with Gasteiger partial charge in [0.2, 0.25) is 5.91 Å². The van der Waals surface area contributed by atoms with Crippen LogP contribution in [0.3, 0.4) is 0 Å². The van der Waals surface area contributed by atoms with Gasteiger partial charge in [-0.25, -0.2) is 4.79 Å². The summed E-state index contributed by atoms with van der Waals surface area (Å²) in [5.41, 5.74) is 0.810. The number of hydrogen-bond donors (Lipinski definition) is 2. The molecule has 2 aliphatic rings. The standard InChI is InChI=1S/C15H14BrNO3/c16-12-7-10(15(19)20)3-4-13(12)17-14(18)11-6-8-1-2-9(11)5-8/h1-4,7-9,11H,5-6H2,(H,17,18)(H,19,20). The van der Waals surface area contributed by atoms with Gasteiger partial charge in [-0.15, -0.1) is 0 Å². The summed E-state index contributed by atoms with van der Waals surface area (Å²) in [5.74, 6) is -0.0193. The second-order valence-corrected chi connectivity index (χ2v) is 6.23. The molecule has 0 spiro atoms. The van der Waals surface area contributed by atoms with Crippen LogP contribution in [-0.4, -0.2) is 17.0 Å². The third kappa shape index (κ3) is 2.38. The maximum atomic E-state index is 12.3. The van der Waals surface area contributed by atoms with Gasteiger partial charge in [0.25, 0.3) is 0 Å². The molecule has 3 rings (SSSR count). The third-order valence-electron chi connectivity index (χ3n) is 4.09. The first-order valence-corrected chi connectivity index (χ1v) is 7.36. The zero-order valence-electron chi connectivity index (χ0n) is 10.7. The van der Waals surface area contributed by atoms with E-state index in [-0.39, 0.29) is 17.4 Å². The van der Waals surface area contributed by atoms with E-state index >= 15 is 0 Å². The molecule has 1 aromatic rings. The fourth-order valence-electron chi connectivity index (χ4n) is 3.06. The van der Waals surface area contributed by atoms with E-state index in [4.69, 9.17) is 5.11 Å². The van der Waals surface area contributed by atoms with Crippen molar-refractivity contribution < 1.29 is 14.7 Å². The minimum Gasteiger partial charge on any atom is -0.478 e. The van der Waals surface area contributed by atoms with Gasteiger partial charge in [0.15, 0.2) is 0 Å². The van der Waals surface area contributed by atoms with Crippen molar-refractivity contribution in [2.24, 2.45) is 17.8 Å². The minimum atomic E-state index is -0.984. The van der Waals surface area contributed by atoms with Crippen LogP contribution in [0, 0.1) is 17.8 Å². The smallest absolute Gasteiger partial charge is 0.335 e. The number of aromatic carboxylic acids is 1. The van der Waals surface area contributed by atoms with Crippen molar-refractivity contribution in [1.82, 2.24) is 0 Å². The molecular weight excluding hydrogens is 322 g/mol. The molecule has 2 aliphatic carbocycles. The number of nitrogens with one attached hydrogen (secondary N) is 1. The Hall–Kier alpha value is -1.62. The Labute approximate surface area is 125 Å². The average molecular weight is 336 g/mol. The Morgan fingerprint density at radius 3 is 2.60 bits per heavy atom. The van der Waals surface area contributed by atoms with Gasteiger partial charge in [-0.2, -0.15) is 0 Å². The zero-order valence-corrected chi connectivity index (χ0v) is 12.3. The minimum absolute atomic E-state index is 0.0191. The molecule has 5 heteroatoms. The van der Waals surface area contributed by atoms with Crippen LogP contribution in [-0.2, 0) is 4.79 Å². The van der Waals surface area contributed by atoms with Crippen LogP contribution in [0.1, 0.15) is 23.2 Å². The first-order valence-electron chi connectivity index (χ1n) is 6.56. The molecule has 2 bridgehead atoms. The van der Waals surface area contributed by atoms with Crippen molar-refractivity contribution in [3.63, 3.8) is 0 Å². The predicted octanol–water partition coefficient (Wildman–Crippen LogP) is 3.30. The van der Waals surface area contributed by atoms with E-state index in [1.165, 1.54) is 12.1 Å². The van der Waals surface area contributed by atoms with Gasteiger partial charge in [0.05, 0.1) is 11.3 Å². The fraction of sp³-hybridized carbons (Fsp3) is 0.333. The number of anilines is 1. The number of carboxylic acids is 1. The number of amides is 1. The van der Waals surface area contributed by atoms with Gasteiger partial charge >= 0.3 is 5.97 Å². The molecule has 1 amide bonds. The summed E-state index contributed by atoms with van der Waals surface area (Å²) >= 11 is 3.30. The number of fused-ring (bicyclic) bond motifs is 2. The zero-order chi connectivity index (χ0) is 14.3. The lowest BCUT2D eigenvalue weighted by molar-refractivity contribution is -0.120. The molecule has 0 aliphatic heterocycles. The van der Waals surface area contributed by atoms with Crippen LogP contribution in [0.4, 0.5) is 5.69 Å². The monoisotopic (exact) mass is 335 g/mol. The molecule has 3 unspecified atom stereocenters. The lowest BCUT2D eigenvalue weighted by atomic mass is 9.93. The van der Waals surface area contributed by atoms with E-state index in [1.54, 1.807) is 6.07 Å². The van der Waals surface area contributed by atoms with Crippen LogP contribution in [0.5, 0.6) is 0 Å². The molecule has 1 aromatic carbocycles. The summed E-state index contributed by atoms with van der Waals surface area (Å²) < 4.78 is 0.587. The van der Waals surface area contributed by atoms with E-state index in [9.17, 15) is 9.59 Å². The molecule has 3 atom stereocenters. The highest BCUT2D eigenvalue weighted by Gasteiger charge is 2.39. The lowest BCUT2D eigenvalue weighted by Gasteiger charge is -2.18. The number of carbonyl (C=O) groups excluding carboxylic acids is 1. The molecular formula is C15H14BrNO3. The van der Waals surface area contributed by atoms with Crippen LogP contribution < -0.4 is 5.32 Å². The molecule has 104 valence electrons. The van der Waals surface area contributed by atoms with Crippen molar-refractivity contribution in [3.8, 4) is 0 Å². The summed E-state index contributed by atoms with van der Waals surface area (Å²) in [4.78, 5) is 23.2. The summed E-state index contributed by atoms with van der Waals surface area (Å²) in [6, 6.07) is 4.61. The van der Waals surface area contributed by atoms with Crippen LogP contribution in [0.2, 0.25) is 0 Å². The van der Waals surface area contributed by atoms with E-state index in [0.717, 1.165) is 12.8 Å². The summed E-state index contributed by atoms with van der Waals surface area (Å²) in [7, 11) is 0. The Kier molecular flexibility index (Phi) is 3.38. The fourth-order valence-corrected chi connectivity index (χ4v) is 3.54. The number of rotatable bonds is 3. The molecule has 1 fully saturated rings. The summed E-state index contributed by atoms with van der Waals surface area (Å²) in [6.45, 7) is 0. The van der Waals surface area contributed by atoms with E-state index in [1.807, 2.05) is 0 Å². The van der Waals surface area contributed by atoms with Gasteiger partial charge in [-0.1, -0.05) is 12.2 Å². The Bertz CT molecular complexity index is 611. The molecule has 4 nitrogen and oxygen atoms in total. The van der Waals surface area contributed by atoms with Gasteiger partial charge < -0.3 is 10.4 Å². The van der Waals surface area contributed by atoms with E-state index in [0.29, 0.717) is 22.0 Å². The third-order valence-corrected chi connectivity index (χ3v) is 4.75. The Balaban J connectivity index is 1.73. The van der Waals surface area contributed by atoms with Crippen LogP contribution >= 0.6 is 15.9 Å². The highest BCUT2D eigenvalue weighted by atomic mass is 79.9. The Morgan fingerprint density at radius 1 is 1.25 bits per heavy atom. The number of carbonyl (C=O) groups is 2. The molecule has 0 heterocycles. The van der Waals surface area contributed by atoms with Gasteiger partial charge in [0, 0.05) is 10.4 Å². The highest BCUT2D eigenvalue weighted by molar-refractivity contribution is 9.10. The molecule has 0 saturated heterocycles. The molecule has 0 aromatic heterocycles. The van der Waals surface area contributed by atoms with Crippen molar-refractivity contribution in [1.29, 1.82) is 0 Å². The van der Waals surface area contributed by atoms with Crippen LogP contribution in [0.15, 0.2) is 34.8 Å². The maximum Gasteiger partial charge on any atom is 0.335 e. The number of hydrogen-bond acceptors (Lipinski definition) is 2. The number of halogens is 1. The van der Waals surface area contributed by atoms with Crippen molar-refractivity contribution >= 4 is 33.5 Å². The molecule has 1 saturated carbocycles. The molecule has 20 heavy (non-hydrogen) atoms. The van der Waals surface area contributed by atoms with Gasteiger partial charge in [-0.05, 0) is 58.8 Å². The van der Waals surface area contributed by atoms with Crippen LogP contribution in [0.25, 0.3) is 0 Å². The SMILES string of the molecule is O=C(O)c1ccc(NC(=O)C2CC3C=CC2C3)c(Br)c1. The van der Waals surface area contributed by atoms with E-state index < -0.39 is 5.97 Å². The molecule has 2 N–H and O–H groups in total. The maximum absolute atomic E-state index is 12.3. The second kappa shape index (κ2) is 5.05. The van der Waals surface area contributed by atoms with Gasteiger partial charge in [0.1, 0.15) is 0 Å². The molecule has 0 radical (unpaired) electrons. The van der Waals surface area contributed by atoms with Crippen molar-refractivity contribution in [2.75, 3.05) is 5.32 Å². The van der Waals surface area contributed by atoms with E-state index in [2.05, 4.69) is 33.4 Å². The van der Waals surface area contributed by atoms with Crippen molar-refractivity contribution in [3.05, 3.63) is 40.4 Å². The quantitative estimate of drug-likeness (QED) is 0.833. The normalized spacial score (nSPS) is 26.8. The van der Waals surface area contributed by atoms with Gasteiger partial charge in [-0.3, -0.25) is 4.79 Å². The van der Waals surface area contributed by atoms with Crippen molar-refractivity contribution in [2.45, 2.75) is 12.8 Å². The first kappa shape index (κ1) is 13.4. The Morgan fingerprint density at radius 2 is 2.05 bits per heavy atom. The summed E-state index contributed by atoms with van der Waals surface area (Å²) in [5, 5.41) is 11.8. The average Bonchev–Trinajstić information content (AvgIpc) is 3.03. The predicted molar refractivity (Wildman–Crippen MR) is 78.6 cm³/mol. The lowest BCUT2D eigenvalue weighted by Crippen LogP contribution is -2.26. The largest absolute Gasteiger partial charge is 0.478 e. The highest BCUT2D eigenvalue weighted by Crippen LogP contribution is 2.44. The topological polar surface area (TPSA) is 66.4 Å². The first-order chi connectivity index (χ1) is 9.54. The number of benzene rings is 1. The second-order valence-electron chi connectivity index (χ2n) is 5.38. The number of allylic oxidation sites excluding steroid dienone is 2.